The average molecular weight is 381 g/mol. The molecule has 0 fully saturated rings. The Bertz CT molecular complexity index is 1620. The molecule has 0 bridgehead atoms. The van der Waals surface area contributed by atoms with Gasteiger partial charge in [0.1, 0.15) is 0 Å². The van der Waals surface area contributed by atoms with Gasteiger partial charge in [-0.3, -0.25) is 0 Å². The van der Waals surface area contributed by atoms with Crippen molar-refractivity contribution >= 4 is 32.6 Å². The maximum Gasteiger partial charge on any atom is 0.0550 e. The van der Waals surface area contributed by atoms with Gasteiger partial charge in [-0.15, -0.1) is 0 Å². The Morgan fingerprint density at radius 1 is 0.533 bits per heavy atom. The van der Waals surface area contributed by atoms with E-state index in [1.165, 1.54) is 66.0 Å². The summed E-state index contributed by atoms with van der Waals surface area (Å²) in [6, 6.07) is 35.4. The van der Waals surface area contributed by atoms with Crippen LogP contribution in [0.1, 0.15) is 11.1 Å². The maximum absolute atomic E-state index is 3.72. The van der Waals surface area contributed by atoms with Crippen LogP contribution in [0.4, 0.5) is 0 Å². The van der Waals surface area contributed by atoms with Gasteiger partial charge in [0.15, 0.2) is 0 Å². The highest BCUT2D eigenvalue weighted by atomic mass is 14.7. The van der Waals surface area contributed by atoms with Crippen LogP contribution in [0, 0.1) is 0 Å². The summed E-state index contributed by atoms with van der Waals surface area (Å²) in [5, 5.41) is 5.17. The van der Waals surface area contributed by atoms with Gasteiger partial charge in [-0.05, 0) is 51.3 Å². The summed E-state index contributed by atoms with van der Waals surface area (Å²) in [5.74, 6) is 0. The van der Waals surface area contributed by atoms with E-state index in [4.69, 9.17) is 0 Å². The zero-order valence-corrected chi connectivity index (χ0v) is 16.4. The molecule has 0 atom stereocenters. The molecule has 1 heteroatoms. The number of nitrogens with one attached hydrogen (secondary N) is 1. The minimum absolute atomic E-state index is 1.00. The van der Waals surface area contributed by atoms with Crippen molar-refractivity contribution < 1.29 is 0 Å². The number of aromatic amines is 1. The van der Waals surface area contributed by atoms with Gasteiger partial charge >= 0.3 is 0 Å². The Kier molecular flexibility index (Phi) is 3.12. The van der Waals surface area contributed by atoms with Crippen LogP contribution in [0.25, 0.3) is 54.8 Å². The van der Waals surface area contributed by atoms with Gasteiger partial charge in [-0.25, -0.2) is 0 Å². The highest BCUT2D eigenvalue weighted by molar-refractivity contribution is 6.20. The average Bonchev–Trinajstić information content (AvgIpc) is 3.37. The smallest absolute Gasteiger partial charge is 0.0550 e. The number of para-hydroxylation sites is 1. The van der Waals surface area contributed by atoms with Gasteiger partial charge in [0.2, 0.25) is 0 Å². The Morgan fingerprint density at radius 3 is 2.23 bits per heavy atom. The van der Waals surface area contributed by atoms with Crippen LogP contribution in [0.2, 0.25) is 0 Å². The summed E-state index contributed by atoms with van der Waals surface area (Å²) in [7, 11) is 0. The third-order valence-electron chi connectivity index (χ3n) is 6.66. The Hall–Kier alpha value is -3.84. The molecular formula is C29H19N. The predicted octanol–water partition coefficient (Wildman–Crippen LogP) is 7.71. The highest BCUT2D eigenvalue weighted by Gasteiger charge is 2.22. The molecule has 0 spiro atoms. The standard InChI is InChI=1S/C29H19N/c1-2-9-20-19(7-1)17-26-21(20)11-6-12-22(26)24-13-5-8-18-15-16-25-23-10-3-4-14-27(23)30-29(25)28(18)24/h1-16,30H,17H2. The first kappa shape index (κ1) is 16.0. The van der Waals surface area contributed by atoms with E-state index in [2.05, 4.69) is 102 Å². The van der Waals surface area contributed by atoms with E-state index < -0.39 is 0 Å². The number of fused-ring (bicyclic) bond motifs is 8. The van der Waals surface area contributed by atoms with Crippen LogP contribution >= 0.6 is 0 Å². The van der Waals surface area contributed by atoms with Crippen molar-refractivity contribution in [3.63, 3.8) is 0 Å². The van der Waals surface area contributed by atoms with E-state index in [1.54, 1.807) is 0 Å². The van der Waals surface area contributed by atoms with Crippen molar-refractivity contribution in [3.8, 4) is 22.3 Å². The van der Waals surface area contributed by atoms with Gasteiger partial charge in [0, 0.05) is 21.7 Å². The third kappa shape index (κ3) is 2.07. The van der Waals surface area contributed by atoms with Crippen LogP contribution in [-0.2, 0) is 6.42 Å². The first-order chi connectivity index (χ1) is 14.9. The minimum atomic E-state index is 1.00. The maximum atomic E-state index is 3.72. The fraction of sp³-hybridized carbons (Fsp3) is 0.0345. The van der Waals surface area contributed by atoms with Crippen molar-refractivity contribution in [2.24, 2.45) is 0 Å². The first-order valence-electron chi connectivity index (χ1n) is 10.5. The lowest BCUT2D eigenvalue weighted by Gasteiger charge is -2.13. The summed E-state index contributed by atoms with van der Waals surface area (Å²) in [6.07, 6.45) is 1.00. The zero-order valence-electron chi connectivity index (χ0n) is 16.4. The Labute approximate surface area is 174 Å². The second kappa shape index (κ2) is 5.84. The topological polar surface area (TPSA) is 15.8 Å². The quantitative estimate of drug-likeness (QED) is 0.300. The van der Waals surface area contributed by atoms with E-state index in [9.17, 15) is 0 Å². The molecule has 1 nitrogen and oxygen atoms in total. The monoisotopic (exact) mass is 381 g/mol. The number of hydrogen-bond acceptors (Lipinski definition) is 0. The van der Waals surface area contributed by atoms with Crippen molar-refractivity contribution in [2.75, 3.05) is 0 Å². The minimum Gasteiger partial charge on any atom is -0.354 e. The van der Waals surface area contributed by atoms with Crippen LogP contribution in [0.15, 0.2) is 97.1 Å². The first-order valence-corrected chi connectivity index (χ1v) is 10.5. The predicted molar refractivity (Wildman–Crippen MR) is 127 cm³/mol. The lowest BCUT2D eigenvalue weighted by Crippen LogP contribution is -1.90. The number of rotatable bonds is 1. The van der Waals surface area contributed by atoms with Crippen molar-refractivity contribution in [2.45, 2.75) is 6.42 Å². The molecule has 1 heterocycles. The zero-order chi connectivity index (χ0) is 19.7. The van der Waals surface area contributed by atoms with Crippen molar-refractivity contribution in [1.29, 1.82) is 0 Å². The molecule has 0 amide bonds. The number of benzene rings is 5. The Balaban J connectivity index is 1.59. The lowest BCUT2D eigenvalue weighted by atomic mass is 9.91. The second-order valence-corrected chi connectivity index (χ2v) is 8.23. The molecule has 0 aliphatic heterocycles. The van der Waals surface area contributed by atoms with E-state index in [1.807, 2.05) is 0 Å². The second-order valence-electron chi connectivity index (χ2n) is 8.23. The molecule has 6 aromatic rings. The molecule has 1 aliphatic carbocycles. The summed E-state index contributed by atoms with van der Waals surface area (Å²) >= 11 is 0. The molecular weight excluding hydrogens is 362 g/mol. The molecule has 0 unspecified atom stereocenters. The molecule has 0 radical (unpaired) electrons. The summed E-state index contributed by atoms with van der Waals surface area (Å²) < 4.78 is 0. The van der Waals surface area contributed by atoms with Gasteiger partial charge in [-0.2, -0.15) is 0 Å². The molecule has 0 saturated heterocycles. The van der Waals surface area contributed by atoms with Gasteiger partial charge < -0.3 is 4.98 Å². The van der Waals surface area contributed by atoms with Crippen LogP contribution in [-0.4, -0.2) is 4.98 Å². The summed E-state index contributed by atoms with van der Waals surface area (Å²) in [4.78, 5) is 3.72. The van der Waals surface area contributed by atoms with Gasteiger partial charge in [0.25, 0.3) is 0 Å². The fourth-order valence-electron chi connectivity index (χ4n) is 5.33. The van der Waals surface area contributed by atoms with Gasteiger partial charge in [-0.1, -0.05) is 91.0 Å². The molecule has 1 aromatic heterocycles. The summed E-state index contributed by atoms with van der Waals surface area (Å²) in [6.45, 7) is 0. The Morgan fingerprint density at radius 2 is 1.27 bits per heavy atom. The van der Waals surface area contributed by atoms with Crippen LogP contribution in [0.5, 0.6) is 0 Å². The lowest BCUT2D eigenvalue weighted by molar-refractivity contribution is 1.26. The van der Waals surface area contributed by atoms with E-state index >= 15 is 0 Å². The largest absolute Gasteiger partial charge is 0.354 e. The third-order valence-corrected chi connectivity index (χ3v) is 6.66. The molecule has 5 aromatic carbocycles. The molecule has 0 saturated carbocycles. The van der Waals surface area contributed by atoms with Crippen LogP contribution in [0.3, 0.4) is 0 Å². The number of H-pyrrole nitrogens is 1. The van der Waals surface area contributed by atoms with Crippen molar-refractivity contribution in [3.05, 3.63) is 108 Å². The van der Waals surface area contributed by atoms with Gasteiger partial charge in [0.05, 0.1) is 5.52 Å². The molecule has 30 heavy (non-hydrogen) atoms. The van der Waals surface area contributed by atoms with Crippen LogP contribution < -0.4 is 0 Å². The summed E-state index contributed by atoms with van der Waals surface area (Å²) in [5.41, 5.74) is 10.7. The molecule has 7 rings (SSSR count). The van der Waals surface area contributed by atoms with Crippen molar-refractivity contribution in [1.82, 2.24) is 4.98 Å². The SMILES string of the molecule is c1ccc2c(c1)Cc1c-2cccc1-c1cccc2ccc3c4ccccc4[nH]c3c12. The molecule has 1 aliphatic rings. The normalized spacial score (nSPS) is 12.5. The van der Waals surface area contributed by atoms with E-state index in [0.29, 0.717) is 0 Å². The van der Waals surface area contributed by atoms with E-state index in [-0.39, 0.29) is 0 Å². The highest BCUT2D eigenvalue weighted by Crippen LogP contribution is 2.44. The number of aromatic nitrogens is 1. The fourth-order valence-corrected chi connectivity index (χ4v) is 5.33. The number of hydrogen-bond donors (Lipinski definition) is 1. The molecule has 140 valence electrons. The van der Waals surface area contributed by atoms with E-state index in [0.717, 1.165) is 6.42 Å². The molecule has 1 N–H and O–H groups in total.